The number of rotatable bonds is 5. The highest BCUT2D eigenvalue weighted by molar-refractivity contribution is 5.81. The third-order valence-corrected chi connectivity index (χ3v) is 4.20. The summed E-state index contributed by atoms with van der Waals surface area (Å²) in [5, 5.41) is 4.91. The Bertz CT molecular complexity index is 739. The van der Waals surface area contributed by atoms with E-state index in [9.17, 15) is 0 Å². The van der Waals surface area contributed by atoms with E-state index in [0.29, 0.717) is 0 Å². The fraction of sp³-hybridized carbons (Fsp3) is 0.263. The number of nitrogens with one attached hydrogen (secondary N) is 1. The minimum atomic E-state index is 0.767. The quantitative estimate of drug-likeness (QED) is 0.747. The average molecular weight is 276 g/mol. The van der Waals surface area contributed by atoms with Crippen LogP contribution in [0.2, 0.25) is 0 Å². The largest absolute Gasteiger partial charge is 0.343 e. The summed E-state index contributed by atoms with van der Waals surface area (Å²) in [6.45, 7) is 1.93. The molecule has 2 nitrogen and oxygen atoms in total. The second-order valence-corrected chi connectivity index (χ2v) is 5.98. The SMILES string of the molecule is c1ccc(Cn2ccc3cc(CNC4CC4)ccc32)cc1. The van der Waals surface area contributed by atoms with Gasteiger partial charge in [0, 0.05) is 30.8 Å². The highest BCUT2D eigenvalue weighted by Gasteiger charge is 2.19. The summed E-state index contributed by atoms with van der Waals surface area (Å²) >= 11 is 0. The Balaban J connectivity index is 1.56. The van der Waals surface area contributed by atoms with Crippen LogP contribution in [-0.4, -0.2) is 10.6 Å². The predicted molar refractivity (Wildman–Crippen MR) is 87.3 cm³/mol. The van der Waals surface area contributed by atoms with Crippen molar-refractivity contribution < 1.29 is 0 Å². The Morgan fingerprint density at radius 1 is 0.952 bits per heavy atom. The Labute approximate surface area is 125 Å². The first-order valence-corrected chi connectivity index (χ1v) is 7.73. The number of benzene rings is 2. The number of fused-ring (bicyclic) bond motifs is 1. The number of hydrogen-bond acceptors (Lipinski definition) is 1. The van der Waals surface area contributed by atoms with Crippen LogP contribution in [0.25, 0.3) is 10.9 Å². The van der Waals surface area contributed by atoms with Crippen LogP contribution in [0.1, 0.15) is 24.0 Å². The van der Waals surface area contributed by atoms with Gasteiger partial charge in [0.25, 0.3) is 0 Å². The van der Waals surface area contributed by atoms with Gasteiger partial charge in [0.15, 0.2) is 0 Å². The lowest BCUT2D eigenvalue weighted by Gasteiger charge is -2.07. The maximum absolute atomic E-state index is 3.58. The Kier molecular flexibility index (Phi) is 3.24. The van der Waals surface area contributed by atoms with Crippen LogP contribution in [-0.2, 0) is 13.1 Å². The van der Waals surface area contributed by atoms with Crippen LogP contribution in [0.15, 0.2) is 60.8 Å². The molecule has 0 atom stereocenters. The first-order valence-electron chi connectivity index (χ1n) is 7.73. The summed E-state index contributed by atoms with van der Waals surface area (Å²) in [5.41, 5.74) is 4.04. The maximum Gasteiger partial charge on any atom is 0.0483 e. The minimum Gasteiger partial charge on any atom is -0.343 e. The summed E-state index contributed by atoms with van der Waals surface area (Å²) in [6.07, 6.45) is 4.88. The van der Waals surface area contributed by atoms with E-state index < -0.39 is 0 Å². The topological polar surface area (TPSA) is 17.0 Å². The molecular weight excluding hydrogens is 256 g/mol. The van der Waals surface area contributed by atoms with Gasteiger partial charge in [-0.05, 0) is 47.6 Å². The molecule has 1 aromatic heterocycles. The van der Waals surface area contributed by atoms with Crippen molar-refractivity contribution in [3.05, 3.63) is 71.9 Å². The Hall–Kier alpha value is -2.06. The molecule has 1 heterocycles. The van der Waals surface area contributed by atoms with Gasteiger partial charge in [-0.2, -0.15) is 0 Å². The van der Waals surface area contributed by atoms with Gasteiger partial charge in [-0.15, -0.1) is 0 Å². The lowest BCUT2D eigenvalue weighted by Crippen LogP contribution is -2.15. The highest BCUT2D eigenvalue weighted by Crippen LogP contribution is 2.22. The zero-order chi connectivity index (χ0) is 14.1. The Morgan fingerprint density at radius 3 is 2.62 bits per heavy atom. The summed E-state index contributed by atoms with van der Waals surface area (Å²) in [6, 6.07) is 20.4. The number of aromatic nitrogens is 1. The summed E-state index contributed by atoms with van der Waals surface area (Å²) in [5.74, 6) is 0. The fourth-order valence-corrected chi connectivity index (χ4v) is 2.83. The van der Waals surface area contributed by atoms with E-state index in [1.54, 1.807) is 0 Å². The molecule has 0 radical (unpaired) electrons. The monoisotopic (exact) mass is 276 g/mol. The van der Waals surface area contributed by atoms with E-state index in [4.69, 9.17) is 0 Å². The number of nitrogens with zero attached hydrogens (tertiary/aromatic N) is 1. The Morgan fingerprint density at radius 2 is 1.81 bits per heavy atom. The van der Waals surface area contributed by atoms with Crippen molar-refractivity contribution >= 4 is 10.9 Å². The number of hydrogen-bond donors (Lipinski definition) is 1. The molecule has 1 fully saturated rings. The first kappa shape index (κ1) is 12.7. The van der Waals surface area contributed by atoms with Gasteiger partial charge in [0.1, 0.15) is 0 Å². The van der Waals surface area contributed by atoms with Crippen LogP contribution < -0.4 is 5.32 Å². The predicted octanol–water partition coefficient (Wildman–Crippen LogP) is 3.94. The van der Waals surface area contributed by atoms with Gasteiger partial charge in [-0.25, -0.2) is 0 Å². The zero-order valence-electron chi connectivity index (χ0n) is 12.1. The molecule has 2 heteroatoms. The minimum absolute atomic E-state index is 0.767. The molecular formula is C19H20N2. The van der Waals surface area contributed by atoms with Gasteiger partial charge in [-0.1, -0.05) is 36.4 Å². The smallest absolute Gasteiger partial charge is 0.0483 e. The van der Waals surface area contributed by atoms with Crippen LogP contribution in [0.3, 0.4) is 0 Å². The van der Waals surface area contributed by atoms with Gasteiger partial charge < -0.3 is 9.88 Å². The van der Waals surface area contributed by atoms with E-state index in [1.165, 1.54) is 34.9 Å². The summed E-state index contributed by atoms with van der Waals surface area (Å²) in [7, 11) is 0. The van der Waals surface area contributed by atoms with E-state index >= 15 is 0 Å². The molecule has 1 N–H and O–H groups in total. The van der Waals surface area contributed by atoms with Crippen molar-refractivity contribution in [1.82, 2.24) is 9.88 Å². The normalized spacial score (nSPS) is 14.7. The van der Waals surface area contributed by atoms with E-state index in [0.717, 1.165) is 19.1 Å². The molecule has 0 spiro atoms. The molecule has 1 aliphatic rings. The zero-order valence-corrected chi connectivity index (χ0v) is 12.1. The molecule has 0 aliphatic heterocycles. The first-order chi connectivity index (χ1) is 10.4. The molecule has 0 unspecified atom stereocenters. The van der Waals surface area contributed by atoms with Gasteiger partial charge >= 0.3 is 0 Å². The molecule has 1 aliphatic carbocycles. The molecule has 0 saturated heterocycles. The van der Waals surface area contributed by atoms with Gasteiger partial charge in [0.05, 0.1) is 0 Å². The van der Waals surface area contributed by atoms with Crippen molar-refractivity contribution in [1.29, 1.82) is 0 Å². The van der Waals surface area contributed by atoms with Crippen LogP contribution >= 0.6 is 0 Å². The van der Waals surface area contributed by atoms with Crippen molar-refractivity contribution in [2.45, 2.75) is 32.0 Å². The van der Waals surface area contributed by atoms with Crippen molar-refractivity contribution in [2.24, 2.45) is 0 Å². The third-order valence-electron chi connectivity index (χ3n) is 4.20. The van der Waals surface area contributed by atoms with Crippen LogP contribution in [0, 0.1) is 0 Å². The second-order valence-electron chi connectivity index (χ2n) is 5.98. The molecule has 0 bridgehead atoms. The molecule has 106 valence electrons. The van der Waals surface area contributed by atoms with Crippen molar-refractivity contribution in [2.75, 3.05) is 0 Å². The van der Waals surface area contributed by atoms with Gasteiger partial charge in [0.2, 0.25) is 0 Å². The molecule has 2 aromatic carbocycles. The van der Waals surface area contributed by atoms with Crippen LogP contribution in [0.4, 0.5) is 0 Å². The molecule has 21 heavy (non-hydrogen) atoms. The lowest BCUT2D eigenvalue weighted by molar-refractivity contribution is 0.688. The average Bonchev–Trinajstić information content (AvgIpc) is 3.28. The highest BCUT2D eigenvalue weighted by atomic mass is 15.0. The maximum atomic E-state index is 3.58. The molecule has 4 rings (SSSR count). The van der Waals surface area contributed by atoms with Crippen molar-refractivity contribution in [3.8, 4) is 0 Å². The standard InChI is InChI=1S/C19H20N2/c1-2-4-15(5-3-1)14-21-11-10-17-12-16(6-9-19(17)21)13-20-18-7-8-18/h1-6,9-12,18,20H,7-8,13-14H2. The van der Waals surface area contributed by atoms with Crippen molar-refractivity contribution in [3.63, 3.8) is 0 Å². The van der Waals surface area contributed by atoms with Gasteiger partial charge in [-0.3, -0.25) is 0 Å². The summed E-state index contributed by atoms with van der Waals surface area (Å²) in [4.78, 5) is 0. The van der Waals surface area contributed by atoms with E-state index in [1.807, 2.05) is 0 Å². The summed E-state index contributed by atoms with van der Waals surface area (Å²) < 4.78 is 2.32. The molecule has 3 aromatic rings. The fourth-order valence-electron chi connectivity index (χ4n) is 2.83. The van der Waals surface area contributed by atoms with Crippen LogP contribution in [0.5, 0.6) is 0 Å². The third kappa shape index (κ3) is 2.86. The van der Waals surface area contributed by atoms with E-state index in [-0.39, 0.29) is 0 Å². The molecule has 0 amide bonds. The van der Waals surface area contributed by atoms with E-state index in [2.05, 4.69) is 70.7 Å². The lowest BCUT2D eigenvalue weighted by atomic mass is 10.1. The molecule has 1 saturated carbocycles. The second kappa shape index (κ2) is 5.38.